The predicted octanol–water partition coefficient (Wildman–Crippen LogP) is 6.02. The second kappa shape index (κ2) is 13.4. The van der Waals surface area contributed by atoms with Crippen molar-refractivity contribution < 1.29 is 32.2 Å². The molecule has 40 heavy (non-hydrogen) atoms. The van der Waals surface area contributed by atoms with E-state index in [9.17, 15) is 18.0 Å². The van der Waals surface area contributed by atoms with Crippen LogP contribution in [-0.2, 0) is 28.7 Å². The zero-order valence-corrected chi connectivity index (χ0v) is 23.2. The number of ether oxygens (including phenoxy) is 3. The minimum Gasteiger partial charge on any atom is -0.493 e. The summed E-state index contributed by atoms with van der Waals surface area (Å²) in [6.45, 7) is 3.24. The van der Waals surface area contributed by atoms with Gasteiger partial charge in [0, 0.05) is 37.7 Å². The molecule has 10 heteroatoms. The molecular weight excluding hydrogens is 545 g/mol. The number of nitrogens with zero attached hydrogens (tertiary/aromatic N) is 2. The molecule has 0 aliphatic carbocycles. The SMILES string of the molecule is COc1ccc(CC(=O)N2CCN(C[C@H](OCc3ccc(C(F)(F)F)cc3)c3ccc(Cl)cc3)CC2)cc1OC. The van der Waals surface area contributed by atoms with Gasteiger partial charge in [0.15, 0.2) is 11.5 Å². The molecule has 0 bridgehead atoms. The lowest BCUT2D eigenvalue weighted by Crippen LogP contribution is -2.50. The summed E-state index contributed by atoms with van der Waals surface area (Å²) < 4.78 is 55.6. The van der Waals surface area contributed by atoms with E-state index in [0.717, 1.165) is 23.3 Å². The number of methoxy groups -OCH3 is 2. The van der Waals surface area contributed by atoms with E-state index >= 15 is 0 Å². The van der Waals surface area contributed by atoms with Crippen LogP contribution in [0.1, 0.15) is 28.4 Å². The third kappa shape index (κ3) is 7.90. The van der Waals surface area contributed by atoms with Crippen molar-refractivity contribution in [1.82, 2.24) is 9.80 Å². The van der Waals surface area contributed by atoms with Crippen LogP contribution in [0.25, 0.3) is 0 Å². The first-order valence-electron chi connectivity index (χ1n) is 12.9. The summed E-state index contributed by atoms with van der Waals surface area (Å²) in [4.78, 5) is 17.1. The van der Waals surface area contributed by atoms with Crippen molar-refractivity contribution in [3.05, 3.63) is 94.0 Å². The van der Waals surface area contributed by atoms with Gasteiger partial charge in [0.25, 0.3) is 0 Å². The fraction of sp³-hybridized carbons (Fsp3) is 0.367. The first-order valence-corrected chi connectivity index (χ1v) is 13.3. The van der Waals surface area contributed by atoms with Crippen LogP contribution in [0, 0.1) is 0 Å². The van der Waals surface area contributed by atoms with E-state index in [0.29, 0.717) is 54.8 Å². The average Bonchev–Trinajstić information content (AvgIpc) is 2.95. The molecule has 3 aromatic carbocycles. The highest BCUT2D eigenvalue weighted by molar-refractivity contribution is 6.30. The third-order valence-corrected chi connectivity index (χ3v) is 7.18. The van der Waals surface area contributed by atoms with Crippen LogP contribution < -0.4 is 9.47 Å². The molecule has 0 N–H and O–H groups in total. The molecule has 1 amide bonds. The Morgan fingerprint density at radius 3 is 2.10 bits per heavy atom. The van der Waals surface area contributed by atoms with Gasteiger partial charge in [0.05, 0.1) is 38.9 Å². The number of rotatable bonds is 10. The van der Waals surface area contributed by atoms with Crippen molar-refractivity contribution in [3.63, 3.8) is 0 Å². The van der Waals surface area contributed by atoms with E-state index in [-0.39, 0.29) is 25.0 Å². The molecule has 0 spiro atoms. The molecule has 1 atom stereocenters. The zero-order chi connectivity index (χ0) is 28.7. The molecular formula is C30H32ClF3N2O4. The average molecular weight is 577 g/mol. The highest BCUT2D eigenvalue weighted by Crippen LogP contribution is 2.30. The van der Waals surface area contributed by atoms with Gasteiger partial charge in [-0.05, 0) is 53.1 Å². The normalized spacial score (nSPS) is 15.1. The Labute approximate surface area is 237 Å². The van der Waals surface area contributed by atoms with E-state index in [1.54, 1.807) is 32.4 Å². The zero-order valence-electron chi connectivity index (χ0n) is 22.4. The van der Waals surface area contributed by atoms with Gasteiger partial charge >= 0.3 is 6.18 Å². The van der Waals surface area contributed by atoms with Crippen molar-refractivity contribution >= 4 is 17.5 Å². The summed E-state index contributed by atoms with van der Waals surface area (Å²) in [5, 5.41) is 0.604. The molecule has 1 heterocycles. The summed E-state index contributed by atoms with van der Waals surface area (Å²) in [6.07, 6.45) is -4.44. The molecule has 1 aliphatic heterocycles. The summed E-state index contributed by atoms with van der Waals surface area (Å²) in [5.74, 6) is 1.24. The lowest BCUT2D eigenvalue weighted by atomic mass is 10.1. The first-order chi connectivity index (χ1) is 19.2. The molecule has 1 saturated heterocycles. The number of benzene rings is 3. The van der Waals surface area contributed by atoms with Gasteiger partial charge in [-0.3, -0.25) is 9.69 Å². The van der Waals surface area contributed by atoms with E-state index in [1.807, 2.05) is 29.2 Å². The Morgan fingerprint density at radius 1 is 0.875 bits per heavy atom. The largest absolute Gasteiger partial charge is 0.493 e. The van der Waals surface area contributed by atoms with Gasteiger partial charge < -0.3 is 19.1 Å². The van der Waals surface area contributed by atoms with E-state index in [4.69, 9.17) is 25.8 Å². The molecule has 0 unspecified atom stereocenters. The van der Waals surface area contributed by atoms with Gasteiger partial charge in [0.2, 0.25) is 5.91 Å². The highest BCUT2D eigenvalue weighted by atomic mass is 35.5. The molecule has 1 fully saturated rings. The maximum atomic E-state index is 13.0. The smallest absolute Gasteiger partial charge is 0.416 e. The fourth-order valence-electron chi connectivity index (χ4n) is 4.61. The van der Waals surface area contributed by atoms with Gasteiger partial charge in [-0.15, -0.1) is 0 Å². The van der Waals surface area contributed by atoms with E-state index in [2.05, 4.69) is 4.90 Å². The molecule has 1 aliphatic rings. The lowest BCUT2D eigenvalue weighted by Gasteiger charge is -2.36. The van der Waals surface area contributed by atoms with Gasteiger partial charge in [0.1, 0.15) is 0 Å². The minimum atomic E-state index is -4.38. The highest BCUT2D eigenvalue weighted by Gasteiger charge is 2.30. The molecule has 4 rings (SSSR count). The van der Waals surface area contributed by atoms with Crippen molar-refractivity contribution in [2.24, 2.45) is 0 Å². The summed E-state index contributed by atoms with van der Waals surface area (Å²) in [6, 6.07) is 17.8. The molecule has 3 aromatic rings. The van der Waals surface area contributed by atoms with Crippen LogP contribution in [0.15, 0.2) is 66.7 Å². The number of hydrogen-bond acceptors (Lipinski definition) is 5. The van der Waals surface area contributed by atoms with Crippen LogP contribution in [0.4, 0.5) is 13.2 Å². The Bertz CT molecular complexity index is 1260. The van der Waals surface area contributed by atoms with Crippen molar-refractivity contribution in [2.75, 3.05) is 46.9 Å². The van der Waals surface area contributed by atoms with Gasteiger partial charge in [-0.2, -0.15) is 13.2 Å². The second-order valence-corrected chi connectivity index (χ2v) is 10.0. The summed E-state index contributed by atoms with van der Waals surface area (Å²) >= 11 is 6.07. The number of piperazine rings is 1. The molecule has 6 nitrogen and oxygen atoms in total. The lowest BCUT2D eigenvalue weighted by molar-refractivity contribution is -0.137. The van der Waals surface area contributed by atoms with Crippen LogP contribution in [0.5, 0.6) is 11.5 Å². The predicted molar refractivity (Wildman–Crippen MR) is 147 cm³/mol. The van der Waals surface area contributed by atoms with E-state index < -0.39 is 11.7 Å². The number of amides is 1. The van der Waals surface area contributed by atoms with Crippen molar-refractivity contribution in [3.8, 4) is 11.5 Å². The maximum Gasteiger partial charge on any atom is 0.416 e. The van der Waals surface area contributed by atoms with Gasteiger partial charge in [-0.25, -0.2) is 0 Å². The topological polar surface area (TPSA) is 51.2 Å². The Hall–Kier alpha value is -3.27. The van der Waals surface area contributed by atoms with Gasteiger partial charge in [-0.1, -0.05) is 41.9 Å². The minimum absolute atomic E-state index is 0.0414. The number of hydrogen-bond donors (Lipinski definition) is 0. The summed E-state index contributed by atoms with van der Waals surface area (Å²) in [5.41, 5.74) is 1.73. The first kappa shape index (κ1) is 29.7. The maximum absolute atomic E-state index is 13.0. The standard InChI is InChI=1S/C30H32ClF3N2O4/c1-38-26-12-5-22(17-27(26)39-2)18-29(37)36-15-13-35(14-16-36)19-28(23-6-10-25(31)11-7-23)40-20-21-3-8-24(9-4-21)30(32,33)34/h3-12,17,28H,13-16,18-20H2,1-2H3/t28-/m0/s1. The molecule has 214 valence electrons. The van der Waals surface area contributed by atoms with E-state index in [1.165, 1.54) is 12.1 Å². The third-order valence-electron chi connectivity index (χ3n) is 6.93. The number of carbonyl (C=O) groups excluding carboxylic acids is 1. The molecule has 0 saturated carbocycles. The number of carbonyl (C=O) groups is 1. The molecule has 0 aromatic heterocycles. The van der Waals surface area contributed by atoms with Crippen LogP contribution in [0.3, 0.4) is 0 Å². The van der Waals surface area contributed by atoms with Crippen LogP contribution in [0.2, 0.25) is 5.02 Å². The van der Waals surface area contributed by atoms with Crippen LogP contribution >= 0.6 is 11.6 Å². The van der Waals surface area contributed by atoms with Crippen molar-refractivity contribution in [1.29, 1.82) is 0 Å². The van der Waals surface area contributed by atoms with Crippen molar-refractivity contribution in [2.45, 2.75) is 25.3 Å². The Kier molecular flexibility index (Phi) is 9.95. The number of alkyl halides is 3. The Balaban J connectivity index is 1.35. The fourth-order valence-corrected chi connectivity index (χ4v) is 4.74. The summed E-state index contributed by atoms with van der Waals surface area (Å²) in [7, 11) is 3.13. The quantitative estimate of drug-likeness (QED) is 0.295. The van der Waals surface area contributed by atoms with Crippen LogP contribution in [-0.4, -0.2) is 62.7 Å². The number of halogens is 4. The monoisotopic (exact) mass is 576 g/mol. The second-order valence-electron chi connectivity index (χ2n) is 9.59. The molecule has 0 radical (unpaired) electrons. The Morgan fingerprint density at radius 2 is 1.50 bits per heavy atom.